The molecule has 2 N–H and O–H groups in total. The summed E-state index contributed by atoms with van der Waals surface area (Å²) in [4.78, 5) is 27.8. The van der Waals surface area contributed by atoms with Crippen LogP contribution in [0.4, 0.5) is 37.9 Å². The van der Waals surface area contributed by atoms with Crippen molar-refractivity contribution in [2.45, 2.75) is 12.2 Å². The molecule has 5 aromatic rings. The Labute approximate surface area is 241 Å². The van der Waals surface area contributed by atoms with E-state index in [1.54, 1.807) is 48.1 Å². The van der Waals surface area contributed by atoms with Crippen LogP contribution in [0.1, 0.15) is 11.1 Å². The fourth-order valence-electron chi connectivity index (χ4n) is 4.38. The number of rotatable bonds is 9. The minimum absolute atomic E-state index is 0.0355. The van der Waals surface area contributed by atoms with Crippen LogP contribution in [0.3, 0.4) is 0 Å². The number of benzene rings is 3. The van der Waals surface area contributed by atoms with E-state index in [1.165, 1.54) is 12.3 Å². The van der Waals surface area contributed by atoms with Crippen LogP contribution in [0.2, 0.25) is 0 Å². The number of anilines is 5. The van der Waals surface area contributed by atoms with Gasteiger partial charge in [0.25, 0.3) is 0 Å². The van der Waals surface area contributed by atoms with Crippen LogP contribution < -0.4 is 15.5 Å². The van der Waals surface area contributed by atoms with Gasteiger partial charge in [0.15, 0.2) is 9.84 Å². The number of nitrogens with zero attached hydrogens (tertiary/aromatic N) is 5. The number of amides is 1. The van der Waals surface area contributed by atoms with Crippen molar-refractivity contribution >= 4 is 55.9 Å². The molecule has 0 aliphatic heterocycles. The highest BCUT2D eigenvalue weighted by Crippen LogP contribution is 2.28. The molecular formula is C29H27F2N7O3S. The van der Waals surface area contributed by atoms with Gasteiger partial charge in [-0.15, -0.1) is 0 Å². The van der Waals surface area contributed by atoms with Gasteiger partial charge in [0, 0.05) is 43.5 Å². The van der Waals surface area contributed by atoms with Crippen LogP contribution in [0.15, 0.2) is 72.9 Å². The number of imidazole rings is 1. The molecule has 13 heteroatoms. The molecule has 3 aromatic carbocycles. The zero-order valence-electron chi connectivity index (χ0n) is 23.0. The van der Waals surface area contributed by atoms with Crippen molar-refractivity contribution in [3.05, 3.63) is 95.7 Å². The highest BCUT2D eigenvalue weighted by atomic mass is 32.2. The molecule has 5 rings (SSSR count). The molecule has 0 aliphatic rings. The predicted molar refractivity (Wildman–Crippen MR) is 158 cm³/mol. The monoisotopic (exact) mass is 591 g/mol. The van der Waals surface area contributed by atoms with Crippen molar-refractivity contribution in [2.75, 3.05) is 28.8 Å². The fraction of sp³-hybridized carbons (Fsp3) is 0.172. The second-order valence-electron chi connectivity index (χ2n) is 9.78. The summed E-state index contributed by atoms with van der Waals surface area (Å²) >= 11 is 0. The first-order valence-electron chi connectivity index (χ1n) is 12.8. The number of hydrogen-bond donors (Lipinski definition) is 2. The standard InChI is InChI=1S/C29H27F2N7O3S/c1-37(26-13-14-32-28(35-26)33-19-9-7-18(8-10-19)17-42(3,40)41)20-11-12-25-24(15-20)34-29(38(25)2)36-27(39)16-21-22(30)5-4-6-23(21)31/h4-15H,16-17H2,1-3H3,(H,32,33,35)(H,34,36,39). The number of nitrogens with one attached hydrogen (secondary N) is 2. The molecule has 42 heavy (non-hydrogen) atoms. The maximum Gasteiger partial charge on any atom is 0.231 e. The second kappa shape index (κ2) is 11.5. The SMILES string of the molecule is CN(c1ccc2c(c1)nc(NC(=O)Cc1c(F)cccc1F)n2C)c1ccnc(Nc2ccc(CS(C)(=O)=O)cc2)n1. The van der Waals surface area contributed by atoms with E-state index >= 15 is 0 Å². The molecule has 0 fully saturated rings. The first kappa shape index (κ1) is 28.6. The summed E-state index contributed by atoms with van der Waals surface area (Å²) in [7, 11) is 0.440. The largest absolute Gasteiger partial charge is 0.329 e. The fourth-order valence-corrected chi connectivity index (χ4v) is 5.18. The van der Waals surface area contributed by atoms with E-state index in [-0.39, 0.29) is 17.3 Å². The van der Waals surface area contributed by atoms with Gasteiger partial charge in [0.2, 0.25) is 17.8 Å². The third kappa shape index (κ3) is 6.52. The summed E-state index contributed by atoms with van der Waals surface area (Å²) in [6.45, 7) is 0. The zero-order chi connectivity index (χ0) is 30.0. The normalized spacial score (nSPS) is 11.5. The Balaban J connectivity index is 1.31. The smallest absolute Gasteiger partial charge is 0.231 e. The van der Waals surface area contributed by atoms with Crippen LogP contribution in [0, 0.1) is 11.6 Å². The zero-order valence-corrected chi connectivity index (χ0v) is 23.8. The Hall–Kier alpha value is -4.91. The number of hydrogen-bond acceptors (Lipinski definition) is 8. The molecule has 0 atom stereocenters. The van der Waals surface area contributed by atoms with Gasteiger partial charge in [-0.1, -0.05) is 18.2 Å². The Kier molecular flexibility index (Phi) is 7.85. The minimum atomic E-state index is -3.13. The molecule has 0 aliphatic carbocycles. The maximum absolute atomic E-state index is 14.0. The Morgan fingerprint density at radius 3 is 2.40 bits per heavy atom. The summed E-state index contributed by atoms with van der Waals surface area (Å²) in [5.41, 5.74) is 3.18. The van der Waals surface area contributed by atoms with Crippen molar-refractivity contribution in [1.82, 2.24) is 19.5 Å². The van der Waals surface area contributed by atoms with Gasteiger partial charge in [-0.25, -0.2) is 27.2 Å². The maximum atomic E-state index is 14.0. The second-order valence-corrected chi connectivity index (χ2v) is 11.9. The van der Waals surface area contributed by atoms with Crippen molar-refractivity contribution < 1.29 is 22.0 Å². The quantitative estimate of drug-likeness (QED) is 0.249. The number of fused-ring (bicyclic) bond motifs is 1. The lowest BCUT2D eigenvalue weighted by atomic mass is 10.1. The third-order valence-electron chi connectivity index (χ3n) is 6.53. The molecular weight excluding hydrogens is 564 g/mol. The lowest BCUT2D eigenvalue weighted by Gasteiger charge is -2.19. The molecule has 216 valence electrons. The van der Waals surface area contributed by atoms with Gasteiger partial charge < -0.3 is 14.8 Å². The van der Waals surface area contributed by atoms with Gasteiger partial charge in [-0.05, 0) is 54.1 Å². The summed E-state index contributed by atoms with van der Waals surface area (Å²) in [6.07, 6.45) is 2.34. The lowest BCUT2D eigenvalue weighted by molar-refractivity contribution is -0.115. The Morgan fingerprint density at radius 2 is 1.71 bits per heavy atom. The molecule has 0 saturated carbocycles. The van der Waals surface area contributed by atoms with Crippen molar-refractivity contribution in [3.63, 3.8) is 0 Å². The van der Waals surface area contributed by atoms with Crippen LogP contribution in [0.25, 0.3) is 11.0 Å². The summed E-state index contributed by atoms with van der Waals surface area (Å²) in [5, 5.41) is 5.76. The predicted octanol–water partition coefficient (Wildman–Crippen LogP) is 4.88. The summed E-state index contributed by atoms with van der Waals surface area (Å²) in [5.74, 6) is -1.01. The number of carbonyl (C=O) groups is 1. The Morgan fingerprint density at radius 1 is 1.00 bits per heavy atom. The van der Waals surface area contributed by atoms with E-state index in [0.29, 0.717) is 28.5 Å². The summed E-state index contributed by atoms with van der Waals surface area (Å²) < 4.78 is 52.7. The first-order chi connectivity index (χ1) is 20.0. The van der Waals surface area contributed by atoms with Crippen LogP contribution in [-0.2, 0) is 33.9 Å². The van der Waals surface area contributed by atoms with Crippen molar-refractivity contribution in [1.29, 1.82) is 0 Å². The Bertz CT molecular complexity index is 1870. The molecule has 0 spiro atoms. The highest BCUT2D eigenvalue weighted by Gasteiger charge is 2.17. The van der Waals surface area contributed by atoms with Gasteiger partial charge >= 0.3 is 0 Å². The van der Waals surface area contributed by atoms with E-state index in [0.717, 1.165) is 23.3 Å². The number of carbonyl (C=O) groups excluding carboxylic acids is 1. The molecule has 2 aromatic heterocycles. The van der Waals surface area contributed by atoms with Gasteiger partial charge in [0.05, 0.1) is 23.2 Å². The summed E-state index contributed by atoms with van der Waals surface area (Å²) in [6, 6.07) is 17.7. The van der Waals surface area contributed by atoms with E-state index in [4.69, 9.17) is 0 Å². The molecule has 0 bridgehead atoms. The number of aromatic nitrogens is 4. The van der Waals surface area contributed by atoms with Gasteiger partial charge in [-0.2, -0.15) is 4.98 Å². The molecule has 1 amide bonds. The number of sulfone groups is 1. The van der Waals surface area contributed by atoms with Crippen LogP contribution in [-0.4, -0.2) is 47.1 Å². The number of aryl methyl sites for hydroxylation is 1. The van der Waals surface area contributed by atoms with Gasteiger partial charge in [0.1, 0.15) is 17.5 Å². The van der Waals surface area contributed by atoms with Gasteiger partial charge in [-0.3, -0.25) is 10.1 Å². The molecule has 0 unspecified atom stereocenters. The van der Waals surface area contributed by atoms with E-state index in [2.05, 4.69) is 25.6 Å². The minimum Gasteiger partial charge on any atom is -0.329 e. The molecule has 2 heterocycles. The molecule has 0 radical (unpaired) electrons. The number of halogens is 2. The van der Waals surface area contributed by atoms with E-state index < -0.39 is 33.8 Å². The van der Waals surface area contributed by atoms with Crippen LogP contribution in [0.5, 0.6) is 0 Å². The average molecular weight is 592 g/mol. The van der Waals surface area contributed by atoms with Crippen molar-refractivity contribution in [2.24, 2.45) is 7.05 Å². The highest BCUT2D eigenvalue weighted by molar-refractivity contribution is 7.89. The molecule has 0 saturated heterocycles. The first-order valence-corrected chi connectivity index (χ1v) is 14.8. The topological polar surface area (TPSA) is 122 Å². The molecule has 10 nitrogen and oxygen atoms in total. The van der Waals surface area contributed by atoms with Crippen molar-refractivity contribution in [3.8, 4) is 0 Å². The lowest BCUT2D eigenvalue weighted by Crippen LogP contribution is -2.18. The van der Waals surface area contributed by atoms with E-state index in [1.807, 2.05) is 30.1 Å². The average Bonchev–Trinajstić information content (AvgIpc) is 3.25. The van der Waals surface area contributed by atoms with E-state index in [9.17, 15) is 22.0 Å². The third-order valence-corrected chi connectivity index (χ3v) is 7.38. The van der Waals surface area contributed by atoms with Crippen LogP contribution >= 0.6 is 0 Å².